The highest BCUT2D eigenvalue weighted by Crippen LogP contribution is 2.20. The van der Waals surface area contributed by atoms with Gasteiger partial charge in [0.2, 0.25) is 5.03 Å². The molecule has 6 heteroatoms. The predicted octanol–water partition coefficient (Wildman–Crippen LogP) is 2.00. The van der Waals surface area contributed by atoms with Crippen LogP contribution >= 0.6 is 0 Å². The van der Waals surface area contributed by atoms with Crippen molar-refractivity contribution >= 4 is 10.0 Å². The van der Waals surface area contributed by atoms with Crippen molar-refractivity contribution in [1.82, 2.24) is 9.71 Å². The fourth-order valence-corrected chi connectivity index (χ4v) is 2.98. The molecule has 1 aromatic rings. The fraction of sp³-hybridized carbons (Fsp3) is 0.417. The number of sulfonamides is 1. The zero-order valence-corrected chi connectivity index (χ0v) is 10.7. The van der Waals surface area contributed by atoms with Crippen LogP contribution in [0.2, 0.25) is 0 Å². The topological polar surface area (TPSA) is 59.1 Å². The Morgan fingerprint density at radius 2 is 2.28 bits per heavy atom. The maximum atomic E-state index is 13.3. The summed E-state index contributed by atoms with van der Waals surface area (Å²) in [5.74, 6) is -0.829. The van der Waals surface area contributed by atoms with Crippen molar-refractivity contribution in [3.63, 3.8) is 0 Å². The summed E-state index contributed by atoms with van der Waals surface area (Å²) in [5.41, 5.74) is 1.26. The Morgan fingerprint density at radius 1 is 1.44 bits per heavy atom. The molecular formula is C12H15FN2O2S. The summed E-state index contributed by atoms with van der Waals surface area (Å²) in [6.07, 6.45) is 7.30. The zero-order chi connectivity index (χ0) is 13.0. The van der Waals surface area contributed by atoms with Gasteiger partial charge in [-0.3, -0.25) is 0 Å². The molecule has 0 radical (unpaired) electrons. The highest BCUT2D eigenvalue weighted by molar-refractivity contribution is 7.89. The molecule has 0 aliphatic heterocycles. The van der Waals surface area contributed by atoms with Crippen LogP contribution in [0.1, 0.15) is 25.7 Å². The Balaban J connectivity index is 1.97. The molecule has 0 fully saturated rings. The van der Waals surface area contributed by atoms with Gasteiger partial charge in [-0.1, -0.05) is 11.6 Å². The lowest BCUT2D eigenvalue weighted by atomic mass is 10.2. The van der Waals surface area contributed by atoms with E-state index in [1.807, 2.05) is 0 Å². The van der Waals surface area contributed by atoms with Crippen molar-refractivity contribution in [3.05, 3.63) is 35.8 Å². The summed E-state index contributed by atoms with van der Waals surface area (Å²) >= 11 is 0. The zero-order valence-electron chi connectivity index (χ0n) is 9.89. The van der Waals surface area contributed by atoms with Gasteiger partial charge in [-0.05, 0) is 37.8 Å². The number of nitrogens with one attached hydrogen (secondary N) is 1. The summed E-state index contributed by atoms with van der Waals surface area (Å²) in [5, 5.41) is -0.537. The lowest BCUT2D eigenvalue weighted by Gasteiger charge is -2.07. The van der Waals surface area contributed by atoms with Crippen molar-refractivity contribution in [1.29, 1.82) is 0 Å². The molecular weight excluding hydrogens is 255 g/mol. The van der Waals surface area contributed by atoms with Crippen LogP contribution in [0.4, 0.5) is 4.39 Å². The van der Waals surface area contributed by atoms with Crippen molar-refractivity contribution < 1.29 is 12.8 Å². The third kappa shape index (κ3) is 3.14. The first-order chi connectivity index (χ1) is 8.59. The van der Waals surface area contributed by atoms with Crippen molar-refractivity contribution in [2.45, 2.75) is 30.7 Å². The van der Waals surface area contributed by atoms with Crippen LogP contribution in [0, 0.1) is 5.82 Å². The molecule has 2 rings (SSSR count). The van der Waals surface area contributed by atoms with E-state index in [0.29, 0.717) is 6.42 Å². The van der Waals surface area contributed by atoms with Gasteiger partial charge in [0, 0.05) is 12.7 Å². The summed E-state index contributed by atoms with van der Waals surface area (Å²) < 4.78 is 39.3. The molecule has 0 saturated carbocycles. The summed E-state index contributed by atoms with van der Waals surface area (Å²) in [6.45, 7) is 0.282. The van der Waals surface area contributed by atoms with Crippen molar-refractivity contribution in [2.75, 3.05) is 6.54 Å². The highest BCUT2D eigenvalue weighted by atomic mass is 32.2. The minimum absolute atomic E-state index is 0.282. The molecule has 18 heavy (non-hydrogen) atoms. The fourth-order valence-electron chi connectivity index (χ4n) is 1.95. The second-order valence-electron chi connectivity index (χ2n) is 4.19. The second kappa shape index (κ2) is 5.58. The monoisotopic (exact) mass is 270 g/mol. The van der Waals surface area contributed by atoms with Gasteiger partial charge >= 0.3 is 0 Å². The van der Waals surface area contributed by atoms with Crippen LogP contribution < -0.4 is 4.72 Å². The number of hydrogen-bond acceptors (Lipinski definition) is 3. The van der Waals surface area contributed by atoms with E-state index in [0.717, 1.165) is 25.3 Å². The number of aromatic nitrogens is 1. The molecule has 1 aromatic heterocycles. The lowest BCUT2D eigenvalue weighted by Crippen LogP contribution is -2.26. The van der Waals surface area contributed by atoms with Crippen molar-refractivity contribution in [2.24, 2.45) is 0 Å². The third-order valence-electron chi connectivity index (χ3n) is 2.85. The van der Waals surface area contributed by atoms with E-state index < -0.39 is 20.9 Å². The van der Waals surface area contributed by atoms with Crippen LogP contribution in [0.5, 0.6) is 0 Å². The lowest BCUT2D eigenvalue weighted by molar-refractivity contribution is 0.544. The molecule has 1 aliphatic carbocycles. The molecule has 0 amide bonds. The van der Waals surface area contributed by atoms with E-state index in [-0.39, 0.29) is 6.54 Å². The summed E-state index contributed by atoms with van der Waals surface area (Å²) in [4.78, 5) is 3.56. The summed E-state index contributed by atoms with van der Waals surface area (Å²) in [6, 6.07) is 2.44. The quantitative estimate of drug-likeness (QED) is 0.832. The molecule has 4 nitrogen and oxygen atoms in total. The maximum absolute atomic E-state index is 13.3. The van der Waals surface area contributed by atoms with Gasteiger partial charge in [0.25, 0.3) is 10.0 Å². The highest BCUT2D eigenvalue weighted by Gasteiger charge is 2.19. The van der Waals surface area contributed by atoms with Crippen LogP contribution in [-0.2, 0) is 10.0 Å². The minimum Gasteiger partial charge on any atom is -0.241 e. The average Bonchev–Trinajstić information content (AvgIpc) is 2.82. The number of halogens is 1. The molecule has 0 spiro atoms. The van der Waals surface area contributed by atoms with Gasteiger partial charge in [-0.15, -0.1) is 0 Å². The second-order valence-corrected chi connectivity index (χ2v) is 5.87. The standard InChI is InChI=1S/C12H15FN2O2S/c13-11-6-3-8-14-12(11)18(16,17)15-9-7-10-4-1-2-5-10/h3-4,6,8,15H,1-2,5,7,9H2. The van der Waals surface area contributed by atoms with Crippen molar-refractivity contribution in [3.8, 4) is 0 Å². The molecule has 98 valence electrons. The molecule has 1 aliphatic rings. The maximum Gasteiger partial charge on any atom is 0.261 e. The van der Waals surface area contributed by atoms with E-state index in [9.17, 15) is 12.8 Å². The van der Waals surface area contributed by atoms with Crippen LogP contribution in [0.25, 0.3) is 0 Å². The van der Waals surface area contributed by atoms with Gasteiger partial charge < -0.3 is 0 Å². The Hall–Kier alpha value is -1.27. The minimum atomic E-state index is -3.85. The SMILES string of the molecule is O=S(=O)(NCCC1=CCCC1)c1ncccc1F. The van der Waals surface area contributed by atoms with Crippen LogP contribution in [0.15, 0.2) is 35.0 Å². The summed E-state index contributed by atoms with van der Waals surface area (Å²) in [7, 11) is -3.85. The van der Waals surface area contributed by atoms with Gasteiger partial charge in [0.1, 0.15) is 0 Å². The van der Waals surface area contributed by atoms with E-state index in [2.05, 4.69) is 15.8 Å². The molecule has 0 saturated heterocycles. The van der Waals surface area contributed by atoms with Gasteiger partial charge in [0.15, 0.2) is 5.82 Å². The number of hydrogen-bond donors (Lipinski definition) is 1. The molecule has 0 atom stereocenters. The Bertz CT molecular complexity index is 555. The van der Waals surface area contributed by atoms with E-state index in [1.165, 1.54) is 17.8 Å². The third-order valence-corrected chi connectivity index (χ3v) is 4.25. The molecule has 0 unspecified atom stereocenters. The predicted molar refractivity (Wildman–Crippen MR) is 65.9 cm³/mol. The number of allylic oxidation sites excluding steroid dienone is 1. The number of pyridine rings is 1. The number of rotatable bonds is 5. The first kappa shape index (κ1) is 13.2. The molecule has 1 N–H and O–H groups in total. The normalized spacial score (nSPS) is 15.7. The van der Waals surface area contributed by atoms with Gasteiger partial charge in [-0.25, -0.2) is 22.5 Å². The number of nitrogens with zero attached hydrogens (tertiary/aromatic N) is 1. The smallest absolute Gasteiger partial charge is 0.241 e. The van der Waals surface area contributed by atoms with E-state index in [1.54, 1.807) is 0 Å². The Labute approximate surface area is 106 Å². The van der Waals surface area contributed by atoms with Gasteiger partial charge in [0.05, 0.1) is 0 Å². The first-order valence-electron chi connectivity index (χ1n) is 5.88. The average molecular weight is 270 g/mol. The van der Waals surface area contributed by atoms with E-state index in [4.69, 9.17) is 0 Å². The first-order valence-corrected chi connectivity index (χ1v) is 7.36. The molecule has 1 heterocycles. The largest absolute Gasteiger partial charge is 0.261 e. The van der Waals surface area contributed by atoms with Crippen LogP contribution in [0.3, 0.4) is 0 Å². The molecule has 0 aromatic carbocycles. The van der Waals surface area contributed by atoms with E-state index >= 15 is 0 Å². The Morgan fingerprint density at radius 3 is 2.94 bits per heavy atom. The van der Waals surface area contributed by atoms with Crippen LogP contribution in [-0.4, -0.2) is 19.9 Å². The molecule has 0 bridgehead atoms. The Kier molecular flexibility index (Phi) is 4.08. The van der Waals surface area contributed by atoms with Gasteiger partial charge in [-0.2, -0.15) is 0 Å².